The van der Waals surface area contributed by atoms with Gasteiger partial charge in [-0.2, -0.15) is 0 Å². The van der Waals surface area contributed by atoms with Crippen molar-refractivity contribution in [1.82, 2.24) is 4.98 Å². The summed E-state index contributed by atoms with van der Waals surface area (Å²) in [6.45, 7) is 0. The third kappa shape index (κ3) is 3.28. The molecule has 0 unspecified atom stereocenters. The minimum Gasteiger partial charge on any atom is -0.244 e. The fourth-order valence-electron chi connectivity index (χ4n) is 0.534. The van der Waals surface area contributed by atoms with Crippen LogP contribution in [0.4, 0.5) is 0 Å². The van der Waals surface area contributed by atoms with Crippen LogP contribution >= 0.6 is 56.1 Å². The quantitative estimate of drug-likeness (QED) is 0.565. The molecule has 1 aromatic rings. The summed E-state index contributed by atoms with van der Waals surface area (Å²) in [4.78, 5) is 3.86. The van der Waals surface area contributed by atoms with E-state index in [9.17, 15) is 0 Å². The van der Waals surface area contributed by atoms with Crippen molar-refractivity contribution >= 4 is 56.1 Å². The monoisotopic (exact) mass is 319 g/mol. The van der Waals surface area contributed by atoms with E-state index in [0.717, 1.165) is 5.56 Å². The molecule has 0 aromatic carbocycles. The summed E-state index contributed by atoms with van der Waals surface area (Å²) in [7, 11) is 0. The predicted molar refractivity (Wildman–Crippen MR) is 57.2 cm³/mol. The van der Waals surface area contributed by atoms with E-state index in [-0.39, 0.29) is 17.0 Å². The first-order valence-electron chi connectivity index (χ1n) is 2.60. The lowest BCUT2D eigenvalue weighted by atomic mass is 10.3. The summed E-state index contributed by atoms with van der Waals surface area (Å²) in [6.07, 6.45) is 1.65. The molecule has 0 aliphatic rings. The molecule has 1 aromatic heterocycles. The number of hydrogen-bond donors (Lipinski definition) is 0. The van der Waals surface area contributed by atoms with E-state index in [1.54, 1.807) is 12.3 Å². The molecule has 0 fully saturated rings. The minimum atomic E-state index is 0. The Bertz CT molecular complexity index is 242. The highest BCUT2D eigenvalue weighted by Gasteiger charge is 1.98. The van der Waals surface area contributed by atoms with Gasteiger partial charge in [0.2, 0.25) is 0 Å². The van der Waals surface area contributed by atoms with Crippen LogP contribution in [-0.4, -0.2) is 4.98 Å². The van der Waals surface area contributed by atoms with Crippen LogP contribution in [0.15, 0.2) is 12.3 Å². The molecule has 0 spiro atoms. The molecule has 0 aliphatic carbocycles. The zero-order chi connectivity index (χ0) is 7.56. The summed E-state index contributed by atoms with van der Waals surface area (Å²) >= 11 is 14.6. The molecular weight excluding hydrogens is 317 g/mol. The lowest BCUT2D eigenvalue weighted by Crippen LogP contribution is -1.82. The highest BCUT2D eigenvalue weighted by molar-refractivity contribution is 9.08. The fourth-order valence-corrected chi connectivity index (χ4v) is 1.58. The van der Waals surface area contributed by atoms with E-state index in [2.05, 4.69) is 20.9 Å². The second-order valence-corrected chi connectivity index (χ2v) is 3.09. The van der Waals surface area contributed by atoms with E-state index >= 15 is 0 Å². The maximum Gasteiger partial charge on any atom is 0.130 e. The number of alkyl halides is 1. The van der Waals surface area contributed by atoms with Crippen molar-refractivity contribution in [3.05, 3.63) is 28.0 Å². The molecule has 5 heteroatoms. The van der Waals surface area contributed by atoms with Gasteiger partial charge in [-0.15, -0.1) is 17.0 Å². The van der Waals surface area contributed by atoms with Crippen LogP contribution in [0, 0.1) is 0 Å². The highest BCUT2D eigenvalue weighted by atomic mass is 79.9. The lowest BCUT2D eigenvalue weighted by Gasteiger charge is -1.97. The van der Waals surface area contributed by atoms with Gasteiger partial charge in [0.05, 0.1) is 0 Å². The largest absolute Gasteiger partial charge is 0.244 e. The summed E-state index contributed by atoms with van der Waals surface area (Å²) in [5, 5.41) is 1.78. The predicted octanol–water partition coefficient (Wildman–Crippen LogP) is 3.86. The van der Waals surface area contributed by atoms with Gasteiger partial charge in [-0.3, -0.25) is 0 Å². The summed E-state index contributed by atoms with van der Waals surface area (Å²) < 4.78 is 0. The first kappa shape index (κ1) is 11.7. The van der Waals surface area contributed by atoms with Gasteiger partial charge in [0.15, 0.2) is 0 Å². The Kier molecular flexibility index (Phi) is 5.69. The summed E-state index contributed by atoms with van der Waals surface area (Å²) in [5.74, 6) is 0. The number of rotatable bonds is 1. The van der Waals surface area contributed by atoms with E-state index in [1.165, 1.54) is 0 Å². The minimum absolute atomic E-state index is 0. The Morgan fingerprint density at radius 2 is 2.09 bits per heavy atom. The molecule has 0 bridgehead atoms. The zero-order valence-corrected chi connectivity index (χ0v) is 10.2. The molecule has 11 heavy (non-hydrogen) atoms. The van der Waals surface area contributed by atoms with Gasteiger partial charge in [-0.05, 0) is 11.6 Å². The first-order chi connectivity index (χ1) is 4.74. The van der Waals surface area contributed by atoms with Gasteiger partial charge in [-0.25, -0.2) is 4.98 Å². The molecule has 1 rings (SSSR count). The van der Waals surface area contributed by atoms with Crippen LogP contribution in [0.1, 0.15) is 5.56 Å². The molecule has 0 radical (unpaired) electrons. The highest BCUT2D eigenvalue weighted by Crippen LogP contribution is 2.20. The Balaban J connectivity index is 0.000001000. The maximum absolute atomic E-state index is 5.78. The van der Waals surface area contributed by atoms with Crippen molar-refractivity contribution in [3.63, 3.8) is 0 Å². The smallest absolute Gasteiger partial charge is 0.130 e. The SMILES string of the molecule is Br.Clc1cc(Cl)c(CBr)cn1. The van der Waals surface area contributed by atoms with Crippen molar-refractivity contribution in [3.8, 4) is 0 Å². The van der Waals surface area contributed by atoms with E-state index in [0.29, 0.717) is 15.5 Å². The zero-order valence-electron chi connectivity index (χ0n) is 5.35. The van der Waals surface area contributed by atoms with Gasteiger partial charge in [0.1, 0.15) is 5.15 Å². The fraction of sp³-hybridized carbons (Fsp3) is 0.167. The molecular formula is C6H5Br2Cl2N. The van der Waals surface area contributed by atoms with Crippen molar-refractivity contribution in [2.75, 3.05) is 0 Å². The third-order valence-electron chi connectivity index (χ3n) is 1.04. The molecule has 0 saturated carbocycles. The van der Waals surface area contributed by atoms with Gasteiger partial charge < -0.3 is 0 Å². The number of aromatic nitrogens is 1. The molecule has 0 aliphatic heterocycles. The molecule has 1 nitrogen and oxygen atoms in total. The number of hydrogen-bond acceptors (Lipinski definition) is 1. The average molecular weight is 322 g/mol. The number of nitrogens with zero attached hydrogens (tertiary/aromatic N) is 1. The van der Waals surface area contributed by atoms with E-state index < -0.39 is 0 Å². The average Bonchev–Trinajstić information content (AvgIpc) is 1.88. The third-order valence-corrected chi connectivity index (χ3v) is 2.20. The van der Waals surface area contributed by atoms with Crippen LogP contribution in [0.3, 0.4) is 0 Å². The molecule has 0 N–H and O–H groups in total. The molecule has 0 atom stereocenters. The van der Waals surface area contributed by atoms with Gasteiger partial charge in [-0.1, -0.05) is 39.1 Å². The normalized spacial score (nSPS) is 9.00. The van der Waals surface area contributed by atoms with Gasteiger partial charge in [0, 0.05) is 16.5 Å². The van der Waals surface area contributed by atoms with Crippen molar-refractivity contribution in [1.29, 1.82) is 0 Å². The standard InChI is InChI=1S/C6H4BrCl2N.BrH/c7-2-4-3-10-6(9)1-5(4)8;/h1,3H,2H2;1H. The number of pyridine rings is 1. The molecule has 0 amide bonds. The summed E-state index contributed by atoms with van der Waals surface area (Å²) in [6, 6.07) is 1.62. The van der Waals surface area contributed by atoms with E-state index in [4.69, 9.17) is 23.2 Å². The first-order valence-corrected chi connectivity index (χ1v) is 4.47. The Labute approximate surface area is 94.0 Å². The van der Waals surface area contributed by atoms with Crippen LogP contribution in [0.25, 0.3) is 0 Å². The molecule has 62 valence electrons. The van der Waals surface area contributed by atoms with Crippen molar-refractivity contribution < 1.29 is 0 Å². The Morgan fingerprint density at radius 1 is 1.45 bits per heavy atom. The van der Waals surface area contributed by atoms with E-state index in [1.807, 2.05) is 0 Å². The van der Waals surface area contributed by atoms with Crippen LogP contribution in [0.2, 0.25) is 10.2 Å². The number of halogens is 4. The lowest BCUT2D eigenvalue weighted by molar-refractivity contribution is 1.26. The van der Waals surface area contributed by atoms with Gasteiger partial charge in [0.25, 0.3) is 0 Å². The van der Waals surface area contributed by atoms with Crippen LogP contribution in [-0.2, 0) is 5.33 Å². The van der Waals surface area contributed by atoms with Crippen molar-refractivity contribution in [2.45, 2.75) is 5.33 Å². The van der Waals surface area contributed by atoms with Crippen LogP contribution < -0.4 is 0 Å². The Morgan fingerprint density at radius 3 is 2.55 bits per heavy atom. The van der Waals surface area contributed by atoms with Crippen molar-refractivity contribution in [2.24, 2.45) is 0 Å². The Hall–Kier alpha value is 0.690. The second-order valence-electron chi connectivity index (χ2n) is 1.73. The molecule has 0 saturated heterocycles. The topological polar surface area (TPSA) is 12.9 Å². The second kappa shape index (κ2) is 5.36. The maximum atomic E-state index is 5.78. The summed E-state index contributed by atoms with van der Waals surface area (Å²) in [5.41, 5.74) is 0.950. The van der Waals surface area contributed by atoms with Gasteiger partial charge >= 0.3 is 0 Å². The van der Waals surface area contributed by atoms with Crippen LogP contribution in [0.5, 0.6) is 0 Å². The molecule has 1 heterocycles.